The van der Waals surface area contributed by atoms with Gasteiger partial charge >= 0.3 is 0 Å². The monoisotopic (exact) mass is 424 g/mol. The van der Waals surface area contributed by atoms with Gasteiger partial charge in [-0.25, -0.2) is 8.42 Å². The highest BCUT2D eigenvalue weighted by Crippen LogP contribution is 2.31. The number of sulfonamides is 1. The lowest BCUT2D eigenvalue weighted by Crippen LogP contribution is -2.52. The molecule has 1 saturated heterocycles. The van der Waals surface area contributed by atoms with Gasteiger partial charge in [0.1, 0.15) is 12.7 Å². The molecule has 0 radical (unpaired) electrons. The zero-order valence-corrected chi connectivity index (χ0v) is 17.4. The predicted octanol–water partition coefficient (Wildman–Crippen LogP) is 2.99. The molecule has 156 valence electrons. The predicted molar refractivity (Wildman–Crippen MR) is 115 cm³/mol. The van der Waals surface area contributed by atoms with E-state index in [1.807, 2.05) is 54.6 Å². The van der Waals surface area contributed by atoms with Crippen LogP contribution in [0.15, 0.2) is 71.6 Å². The first kappa shape index (κ1) is 19.4. The van der Waals surface area contributed by atoms with Crippen LogP contribution in [0.3, 0.4) is 0 Å². The van der Waals surface area contributed by atoms with Crippen molar-refractivity contribution in [3.05, 3.63) is 66.7 Å². The Morgan fingerprint density at radius 1 is 0.833 bits per heavy atom. The second kappa shape index (κ2) is 7.91. The fourth-order valence-electron chi connectivity index (χ4n) is 4.07. The van der Waals surface area contributed by atoms with Crippen molar-refractivity contribution in [2.24, 2.45) is 0 Å². The van der Waals surface area contributed by atoms with E-state index in [0.29, 0.717) is 37.7 Å². The highest BCUT2D eigenvalue weighted by Gasteiger charge is 2.30. The van der Waals surface area contributed by atoms with Crippen LogP contribution in [0.25, 0.3) is 10.8 Å². The average Bonchev–Trinajstić information content (AvgIpc) is 2.79. The fraction of sp³-hybridized carbons (Fsp3) is 0.304. The molecule has 0 amide bonds. The number of ether oxygens (including phenoxy) is 2. The van der Waals surface area contributed by atoms with Gasteiger partial charge in [0.05, 0.1) is 4.90 Å². The molecule has 2 heterocycles. The van der Waals surface area contributed by atoms with Crippen molar-refractivity contribution in [2.75, 3.05) is 39.3 Å². The molecule has 1 atom stereocenters. The van der Waals surface area contributed by atoms with Gasteiger partial charge in [0.2, 0.25) is 10.0 Å². The summed E-state index contributed by atoms with van der Waals surface area (Å²) >= 11 is 0. The van der Waals surface area contributed by atoms with E-state index >= 15 is 0 Å². The van der Waals surface area contributed by atoms with Gasteiger partial charge in [-0.15, -0.1) is 0 Å². The third-order valence-electron chi connectivity index (χ3n) is 5.72. The van der Waals surface area contributed by atoms with Crippen LogP contribution < -0.4 is 9.47 Å². The Kier molecular flexibility index (Phi) is 5.10. The number of fused-ring (bicyclic) bond motifs is 2. The van der Waals surface area contributed by atoms with E-state index in [9.17, 15) is 8.42 Å². The molecule has 2 aliphatic rings. The molecule has 7 heteroatoms. The maximum absolute atomic E-state index is 13.1. The number of hydrogen-bond acceptors (Lipinski definition) is 5. The van der Waals surface area contributed by atoms with Gasteiger partial charge < -0.3 is 9.47 Å². The second-order valence-corrected chi connectivity index (χ2v) is 9.65. The summed E-state index contributed by atoms with van der Waals surface area (Å²) in [6, 6.07) is 20.8. The number of piperazine rings is 1. The van der Waals surface area contributed by atoms with Crippen molar-refractivity contribution < 1.29 is 17.9 Å². The van der Waals surface area contributed by atoms with Crippen molar-refractivity contribution in [1.29, 1.82) is 0 Å². The smallest absolute Gasteiger partial charge is 0.243 e. The number of nitrogens with zero attached hydrogens (tertiary/aromatic N) is 2. The summed E-state index contributed by atoms with van der Waals surface area (Å²) in [5.41, 5.74) is 0. The fourth-order valence-corrected chi connectivity index (χ4v) is 5.53. The van der Waals surface area contributed by atoms with Crippen LogP contribution in [0, 0.1) is 0 Å². The molecular formula is C23H24N2O4S. The van der Waals surface area contributed by atoms with Crippen molar-refractivity contribution in [3.63, 3.8) is 0 Å². The van der Waals surface area contributed by atoms with E-state index in [0.717, 1.165) is 28.8 Å². The highest BCUT2D eigenvalue weighted by atomic mass is 32.2. The number of hydrogen-bond donors (Lipinski definition) is 0. The highest BCUT2D eigenvalue weighted by molar-refractivity contribution is 7.89. The molecule has 3 aromatic carbocycles. The van der Waals surface area contributed by atoms with E-state index < -0.39 is 10.0 Å². The summed E-state index contributed by atoms with van der Waals surface area (Å²) in [4.78, 5) is 2.60. The number of benzene rings is 3. The van der Waals surface area contributed by atoms with Crippen LogP contribution in [0.1, 0.15) is 0 Å². The van der Waals surface area contributed by atoms with Gasteiger partial charge in [-0.05, 0) is 35.0 Å². The molecule has 30 heavy (non-hydrogen) atoms. The van der Waals surface area contributed by atoms with E-state index in [1.54, 1.807) is 16.4 Å². The molecule has 0 N–H and O–H groups in total. The summed E-state index contributed by atoms with van der Waals surface area (Å²) in [5, 5.41) is 1.98. The summed E-state index contributed by atoms with van der Waals surface area (Å²) in [6.07, 6.45) is -0.0523. The average molecular weight is 425 g/mol. The summed E-state index contributed by atoms with van der Waals surface area (Å²) in [7, 11) is -3.50. The third kappa shape index (κ3) is 3.76. The van der Waals surface area contributed by atoms with Crippen molar-refractivity contribution in [3.8, 4) is 11.5 Å². The Bertz CT molecular complexity index is 1160. The van der Waals surface area contributed by atoms with Crippen LogP contribution >= 0.6 is 0 Å². The first-order valence-corrected chi connectivity index (χ1v) is 11.6. The maximum atomic E-state index is 13.1. The van der Waals surface area contributed by atoms with Gasteiger partial charge in [-0.3, -0.25) is 4.90 Å². The lowest BCUT2D eigenvalue weighted by atomic mass is 10.1. The quantitative estimate of drug-likeness (QED) is 0.645. The lowest BCUT2D eigenvalue weighted by molar-refractivity contribution is 0.0493. The maximum Gasteiger partial charge on any atom is 0.243 e. The van der Waals surface area contributed by atoms with E-state index in [4.69, 9.17) is 9.47 Å². The Hall–Kier alpha value is -2.61. The Balaban J connectivity index is 1.22. The van der Waals surface area contributed by atoms with Gasteiger partial charge in [0.15, 0.2) is 11.5 Å². The zero-order chi connectivity index (χ0) is 20.6. The minimum Gasteiger partial charge on any atom is -0.486 e. The van der Waals surface area contributed by atoms with Crippen LogP contribution in [-0.2, 0) is 10.0 Å². The number of para-hydroxylation sites is 2. The van der Waals surface area contributed by atoms with Gasteiger partial charge in [0.25, 0.3) is 0 Å². The molecule has 5 rings (SSSR count). The summed E-state index contributed by atoms with van der Waals surface area (Å²) in [5.74, 6) is 1.55. The Labute approximate surface area is 176 Å². The van der Waals surface area contributed by atoms with E-state index in [1.165, 1.54) is 0 Å². The van der Waals surface area contributed by atoms with Crippen LogP contribution in [0.5, 0.6) is 11.5 Å². The van der Waals surface area contributed by atoms with Gasteiger partial charge in [-0.2, -0.15) is 4.31 Å². The number of rotatable bonds is 4. The third-order valence-corrected chi connectivity index (χ3v) is 7.61. The van der Waals surface area contributed by atoms with Gasteiger partial charge in [0, 0.05) is 32.7 Å². The molecule has 1 fully saturated rings. The first-order valence-electron chi connectivity index (χ1n) is 10.2. The molecule has 0 unspecified atom stereocenters. The minimum absolute atomic E-state index is 0.0523. The van der Waals surface area contributed by atoms with Crippen molar-refractivity contribution >= 4 is 20.8 Å². The molecular weight excluding hydrogens is 400 g/mol. The molecule has 0 bridgehead atoms. The van der Waals surface area contributed by atoms with Crippen LogP contribution in [0.4, 0.5) is 0 Å². The normalized spacial score (nSPS) is 20.3. The molecule has 6 nitrogen and oxygen atoms in total. The SMILES string of the molecule is O=S(=O)(c1ccc2ccccc2c1)N1CCN(C[C@@H]2COc3ccccc3O2)CC1. The molecule has 0 aliphatic carbocycles. The second-order valence-electron chi connectivity index (χ2n) is 7.71. The first-order chi connectivity index (χ1) is 14.6. The molecule has 0 aromatic heterocycles. The topological polar surface area (TPSA) is 59.1 Å². The molecule has 3 aromatic rings. The van der Waals surface area contributed by atoms with Gasteiger partial charge in [-0.1, -0.05) is 42.5 Å². The largest absolute Gasteiger partial charge is 0.486 e. The van der Waals surface area contributed by atoms with E-state index in [2.05, 4.69) is 4.90 Å². The minimum atomic E-state index is -3.50. The van der Waals surface area contributed by atoms with Crippen LogP contribution in [-0.4, -0.2) is 63.1 Å². The summed E-state index contributed by atoms with van der Waals surface area (Å²) in [6.45, 7) is 3.52. The summed E-state index contributed by atoms with van der Waals surface area (Å²) < 4.78 is 39.7. The van der Waals surface area contributed by atoms with E-state index in [-0.39, 0.29) is 6.10 Å². The Morgan fingerprint density at radius 2 is 1.53 bits per heavy atom. The Morgan fingerprint density at radius 3 is 2.33 bits per heavy atom. The zero-order valence-electron chi connectivity index (χ0n) is 16.6. The standard InChI is InChI=1S/C23H24N2O4S/c26-30(27,21-10-9-18-5-1-2-6-19(18)15-21)25-13-11-24(12-14-25)16-20-17-28-22-7-3-4-8-23(22)29-20/h1-10,15,20H,11-14,16-17H2/t20-/m1/s1. The van der Waals surface area contributed by atoms with Crippen molar-refractivity contribution in [2.45, 2.75) is 11.0 Å². The molecule has 0 saturated carbocycles. The van der Waals surface area contributed by atoms with Crippen molar-refractivity contribution in [1.82, 2.24) is 9.21 Å². The van der Waals surface area contributed by atoms with Crippen LogP contribution in [0.2, 0.25) is 0 Å². The molecule has 2 aliphatic heterocycles. The lowest BCUT2D eigenvalue weighted by Gasteiger charge is -2.36. The molecule has 0 spiro atoms.